The molecule has 0 amide bonds. The summed E-state index contributed by atoms with van der Waals surface area (Å²) in [6.45, 7) is 2.17. The average molecular weight is 275 g/mol. The lowest BCUT2D eigenvalue weighted by atomic mass is 9.81. The summed E-state index contributed by atoms with van der Waals surface area (Å²) < 4.78 is 18.6. The number of nitriles is 1. The first-order valence-electron chi connectivity index (χ1n) is 7.05. The van der Waals surface area contributed by atoms with Crippen molar-refractivity contribution in [2.45, 2.75) is 39.0 Å². The van der Waals surface area contributed by atoms with Gasteiger partial charge in [0.25, 0.3) is 0 Å². The van der Waals surface area contributed by atoms with Crippen molar-refractivity contribution < 1.29 is 13.9 Å². The summed E-state index contributed by atoms with van der Waals surface area (Å²) in [7, 11) is 0. The number of nitrogens with zero attached hydrogens (tertiary/aromatic N) is 1. The van der Waals surface area contributed by atoms with Gasteiger partial charge in [-0.2, -0.15) is 5.26 Å². The van der Waals surface area contributed by atoms with Crippen molar-refractivity contribution in [3.05, 3.63) is 29.6 Å². The van der Waals surface area contributed by atoms with E-state index in [1.807, 2.05) is 0 Å². The molecule has 1 saturated carbocycles. The van der Waals surface area contributed by atoms with Gasteiger partial charge in [0.05, 0.1) is 11.5 Å². The molecule has 1 aliphatic rings. The fraction of sp³-hybridized carbons (Fsp3) is 0.500. The summed E-state index contributed by atoms with van der Waals surface area (Å²) in [5.74, 6) is -0.150. The van der Waals surface area contributed by atoms with Crippen molar-refractivity contribution in [2.75, 3.05) is 0 Å². The molecule has 20 heavy (non-hydrogen) atoms. The van der Waals surface area contributed by atoms with Crippen LogP contribution in [0.2, 0.25) is 0 Å². The molecule has 0 bridgehead atoms. The van der Waals surface area contributed by atoms with Crippen molar-refractivity contribution in [2.24, 2.45) is 11.8 Å². The number of carbonyl (C=O) groups excluding carboxylic acids is 1. The van der Waals surface area contributed by atoms with Crippen LogP contribution in [0.5, 0.6) is 5.75 Å². The zero-order valence-corrected chi connectivity index (χ0v) is 11.6. The molecule has 1 fully saturated rings. The number of hydrogen-bond acceptors (Lipinski definition) is 3. The van der Waals surface area contributed by atoms with Gasteiger partial charge in [0, 0.05) is 6.07 Å². The smallest absolute Gasteiger partial charge is 0.314 e. The lowest BCUT2D eigenvalue weighted by Gasteiger charge is -2.26. The first-order valence-corrected chi connectivity index (χ1v) is 7.05. The molecule has 0 heterocycles. The quantitative estimate of drug-likeness (QED) is 0.622. The monoisotopic (exact) mass is 275 g/mol. The van der Waals surface area contributed by atoms with E-state index >= 15 is 0 Å². The maximum atomic E-state index is 13.4. The van der Waals surface area contributed by atoms with Gasteiger partial charge in [0.2, 0.25) is 0 Å². The molecule has 0 saturated heterocycles. The van der Waals surface area contributed by atoms with Crippen molar-refractivity contribution in [3.8, 4) is 11.8 Å². The van der Waals surface area contributed by atoms with E-state index in [1.165, 1.54) is 12.1 Å². The van der Waals surface area contributed by atoms with Crippen LogP contribution in [-0.2, 0) is 4.79 Å². The first kappa shape index (κ1) is 14.5. The number of ether oxygens (including phenoxy) is 1. The van der Waals surface area contributed by atoms with Gasteiger partial charge in [0.1, 0.15) is 17.6 Å². The van der Waals surface area contributed by atoms with Crippen LogP contribution in [0.15, 0.2) is 18.2 Å². The Balaban J connectivity index is 1.95. The molecule has 4 heteroatoms. The highest BCUT2D eigenvalue weighted by Crippen LogP contribution is 2.31. The van der Waals surface area contributed by atoms with Gasteiger partial charge in [-0.1, -0.05) is 13.3 Å². The van der Waals surface area contributed by atoms with E-state index in [4.69, 9.17) is 10.00 Å². The molecule has 2 rings (SSSR count). The van der Waals surface area contributed by atoms with Crippen LogP contribution in [0.3, 0.4) is 0 Å². The summed E-state index contributed by atoms with van der Waals surface area (Å²) >= 11 is 0. The van der Waals surface area contributed by atoms with Crippen LogP contribution in [0.1, 0.15) is 44.6 Å². The maximum absolute atomic E-state index is 13.4. The number of carbonyl (C=O) groups is 1. The third kappa shape index (κ3) is 3.36. The van der Waals surface area contributed by atoms with E-state index in [-0.39, 0.29) is 23.2 Å². The Morgan fingerprint density at radius 1 is 1.40 bits per heavy atom. The highest BCUT2D eigenvalue weighted by molar-refractivity contribution is 5.75. The number of esters is 1. The predicted molar refractivity (Wildman–Crippen MR) is 72.5 cm³/mol. The number of halogens is 1. The molecule has 0 spiro atoms. The Morgan fingerprint density at radius 3 is 2.65 bits per heavy atom. The van der Waals surface area contributed by atoms with Crippen LogP contribution in [-0.4, -0.2) is 5.97 Å². The second-order valence-electron chi connectivity index (χ2n) is 5.30. The largest absolute Gasteiger partial charge is 0.426 e. The van der Waals surface area contributed by atoms with Gasteiger partial charge >= 0.3 is 5.97 Å². The van der Waals surface area contributed by atoms with Crippen LogP contribution in [0, 0.1) is 29.0 Å². The third-order valence-corrected chi connectivity index (χ3v) is 4.04. The third-order valence-electron chi connectivity index (χ3n) is 4.04. The number of hydrogen-bond donors (Lipinski definition) is 0. The van der Waals surface area contributed by atoms with Crippen LogP contribution in [0.25, 0.3) is 0 Å². The SMILES string of the molecule is CCC1CCC(C(=O)Oc2ccc(C#N)c(F)c2)CC1. The topological polar surface area (TPSA) is 50.1 Å². The second-order valence-corrected chi connectivity index (χ2v) is 5.30. The summed E-state index contributed by atoms with van der Waals surface area (Å²) in [4.78, 5) is 12.0. The zero-order valence-electron chi connectivity index (χ0n) is 11.6. The summed E-state index contributed by atoms with van der Waals surface area (Å²) in [6.07, 6.45) is 4.95. The Kier molecular flexibility index (Phi) is 4.73. The van der Waals surface area contributed by atoms with E-state index in [2.05, 4.69) is 6.92 Å². The summed E-state index contributed by atoms with van der Waals surface area (Å²) in [5, 5.41) is 8.65. The molecule has 0 N–H and O–H groups in total. The van der Waals surface area contributed by atoms with E-state index in [0.29, 0.717) is 5.92 Å². The minimum absolute atomic E-state index is 0.0479. The van der Waals surface area contributed by atoms with Crippen LogP contribution >= 0.6 is 0 Å². The Labute approximate surface area is 118 Å². The normalized spacial score (nSPS) is 22.1. The highest BCUT2D eigenvalue weighted by Gasteiger charge is 2.27. The van der Waals surface area contributed by atoms with E-state index < -0.39 is 5.82 Å². The molecular formula is C16H18FNO2. The molecule has 3 nitrogen and oxygen atoms in total. The van der Waals surface area contributed by atoms with Gasteiger partial charge in [-0.15, -0.1) is 0 Å². The second kappa shape index (κ2) is 6.51. The van der Waals surface area contributed by atoms with Crippen molar-refractivity contribution in [1.82, 2.24) is 0 Å². The molecule has 0 unspecified atom stereocenters. The lowest BCUT2D eigenvalue weighted by molar-refractivity contribution is -0.140. The zero-order chi connectivity index (χ0) is 14.5. The van der Waals surface area contributed by atoms with Gasteiger partial charge in [-0.05, 0) is 43.7 Å². The molecular weight excluding hydrogens is 257 g/mol. The Bertz CT molecular complexity index is 528. The number of benzene rings is 1. The fourth-order valence-corrected chi connectivity index (χ4v) is 2.66. The van der Waals surface area contributed by atoms with Crippen molar-refractivity contribution in [1.29, 1.82) is 5.26 Å². The van der Waals surface area contributed by atoms with Crippen molar-refractivity contribution in [3.63, 3.8) is 0 Å². The minimum Gasteiger partial charge on any atom is -0.426 e. The molecule has 0 aliphatic heterocycles. The lowest BCUT2D eigenvalue weighted by Crippen LogP contribution is -2.25. The average Bonchev–Trinajstić information content (AvgIpc) is 2.47. The van der Waals surface area contributed by atoms with Crippen LogP contribution in [0.4, 0.5) is 4.39 Å². The number of rotatable bonds is 3. The molecule has 0 radical (unpaired) electrons. The first-order chi connectivity index (χ1) is 9.63. The van der Waals surface area contributed by atoms with E-state index in [1.54, 1.807) is 6.07 Å². The van der Waals surface area contributed by atoms with Gasteiger partial charge in [-0.3, -0.25) is 4.79 Å². The molecule has 1 aliphatic carbocycles. The summed E-state index contributed by atoms with van der Waals surface area (Å²) in [6, 6.07) is 5.61. The predicted octanol–water partition coefficient (Wildman–Crippen LogP) is 3.82. The molecule has 1 aromatic carbocycles. The standard InChI is InChI=1S/C16H18FNO2/c1-2-11-3-5-12(6-4-11)16(19)20-14-8-7-13(10-18)15(17)9-14/h7-9,11-12H,2-6H2,1H3. The molecule has 0 atom stereocenters. The highest BCUT2D eigenvalue weighted by atomic mass is 19.1. The van der Waals surface area contributed by atoms with E-state index in [0.717, 1.165) is 38.2 Å². The molecule has 1 aromatic rings. The molecule has 0 aromatic heterocycles. The van der Waals surface area contributed by atoms with Crippen LogP contribution < -0.4 is 4.74 Å². The Hall–Kier alpha value is -1.89. The minimum atomic E-state index is -0.660. The fourth-order valence-electron chi connectivity index (χ4n) is 2.66. The molecule has 106 valence electrons. The van der Waals surface area contributed by atoms with Gasteiger partial charge < -0.3 is 4.74 Å². The van der Waals surface area contributed by atoms with Crippen molar-refractivity contribution >= 4 is 5.97 Å². The summed E-state index contributed by atoms with van der Waals surface area (Å²) in [5.41, 5.74) is -0.0479. The van der Waals surface area contributed by atoms with Gasteiger partial charge in [-0.25, -0.2) is 4.39 Å². The Morgan fingerprint density at radius 2 is 2.10 bits per heavy atom. The maximum Gasteiger partial charge on any atom is 0.314 e. The van der Waals surface area contributed by atoms with E-state index in [9.17, 15) is 9.18 Å². The van der Waals surface area contributed by atoms with Gasteiger partial charge in [0.15, 0.2) is 0 Å².